The van der Waals surface area contributed by atoms with Gasteiger partial charge in [-0.15, -0.1) is 0 Å². The van der Waals surface area contributed by atoms with Gasteiger partial charge in [-0.2, -0.15) is 0 Å². The monoisotopic (exact) mass is 505 g/mol. The molecule has 1 aromatic heterocycles. The number of rotatable bonds is 4. The van der Waals surface area contributed by atoms with E-state index in [-0.39, 0.29) is 22.7 Å². The van der Waals surface area contributed by atoms with Crippen LogP contribution in [0.15, 0.2) is 42.6 Å². The third kappa shape index (κ3) is 5.86. The SMILES string of the molecule is CC(C)(C)OC(=O)N[C@H](c1ncc(-c2ccc3cc(B4OC(C)(C)C(C)(C)O4)ccc3c2)[nH]1)C(C)(C)C. The summed E-state index contributed by atoms with van der Waals surface area (Å²) in [7, 11) is -0.393. The van der Waals surface area contributed by atoms with Gasteiger partial charge in [-0.3, -0.25) is 0 Å². The average Bonchev–Trinajstić information content (AvgIpc) is 3.31. The lowest BCUT2D eigenvalue weighted by Crippen LogP contribution is -2.41. The molecule has 1 amide bonds. The lowest BCUT2D eigenvalue weighted by atomic mass is 9.78. The standard InChI is InChI=1S/C29H40BN3O4/c1-26(2,3)23(33-25(34)35-27(4,5)6)24-31-17-22(32-24)20-12-11-19-16-21(14-13-18(19)15-20)30-36-28(7,8)29(9,10)37-30/h11-17,23H,1-10H3,(H,31,32)(H,33,34)/t23-/m1/s1. The van der Waals surface area contributed by atoms with Crippen LogP contribution in [0.3, 0.4) is 0 Å². The van der Waals surface area contributed by atoms with Crippen LogP contribution in [0.2, 0.25) is 0 Å². The third-order valence-corrected chi connectivity index (χ3v) is 7.10. The van der Waals surface area contributed by atoms with E-state index >= 15 is 0 Å². The molecule has 0 aliphatic carbocycles. The topological polar surface area (TPSA) is 85.5 Å². The Morgan fingerprint density at radius 1 is 0.973 bits per heavy atom. The molecule has 1 aliphatic heterocycles. The summed E-state index contributed by atoms with van der Waals surface area (Å²) in [6, 6.07) is 12.2. The van der Waals surface area contributed by atoms with E-state index in [9.17, 15) is 4.79 Å². The molecule has 3 aromatic rings. The summed E-state index contributed by atoms with van der Waals surface area (Å²) in [5.74, 6) is 0.685. The van der Waals surface area contributed by atoms with Gasteiger partial charge in [-0.25, -0.2) is 9.78 Å². The average molecular weight is 505 g/mol. The van der Waals surface area contributed by atoms with Gasteiger partial charge in [-0.05, 0) is 76.2 Å². The van der Waals surface area contributed by atoms with Crippen LogP contribution in [0.25, 0.3) is 22.0 Å². The van der Waals surface area contributed by atoms with Crippen LogP contribution in [-0.2, 0) is 14.0 Å². The minimum atomic E-state index is -0.575. The Morgan fingerprint density at radius 3 is 2.16 bits per heavy atom. The van der Waals surface area contributed by atoms with Gasteiger partial charge in [0.15, 0.2) is 0 Å². The number of alkyl carbamates (subject to hydrolysis) is 1. The number of ether oxygens (including phenoxy) is 1. The number of amides is 1. The maximum Gasteiger partial charge on any atom is 0.494 e. The number of aromatic nitrogens is 2. The first-order valence-electron chi connectivity index (χ1n) is 12.9. The minimum Gasteiger partial charge on any atom is -0.444 e. The quantitative estimate of drug-likeness (QED) is 0.416. The van der Waals surface area contributed by atoms with Crippen LogP contribution < -0.4 is 10.8 Å². The molecule has 8 heteroatoms. The van der Waals surface area contributed by atoms with Crippen molar-refractivity contribution in [1.29, 1.82) is 0 Å². The lowest BCUT2D eigenvalue weighted by molar-refractivity contribution is 0.00578. The molecule has 2 aromatic carbocycles. The van der Waals surface area contributed by atoms with Crippen LogP contribution in [-0.4, -0.2) is 40.0 Å². The van der Waals surface area contributed by atoms with E-state index in [1.54, 1.807) is 0 Å². The van der Waals surface area contributed by atoms with Gasteiger partial charge in [0.05, 0.1) is 29.1 Å². The fourth-order valence-electron chi connectivity index (χ4n) is 4.31. The van der Waals surface area contributed by atoms with E-state index < -0.39 is 18.8 Å². The first kappa shape index (κ1) is 27.2. The summed E-state index contributed by atoms with van der Waals surface area (Å²) < 4.78 is 17.9. The largest absolute Gasteiger partial charge is 0.494 e. The van der Waals surface area contributed by atoms with Crippen molar-refractivity contribution in [2.24, 2.45) is 5.41 Å². The van der Waals surface area contributed by atoms with Crippen molar-refractivity contribution in [1.82, 2.24) is 15.3 Å². The molecule has 1 fully saturated rings. The van der Waals surface area contributed by atoms with Crippen molar-refractivity contribution in [2.45, 2.75) is 92.1 Å². The van der Waals surface area contributed by atoms with Crippen molar-refractivity contribution in [2.75, 3.05) is 0 Å². The molecule has 198 valence electrons. The Hall–Kier alpha value is -2.84. The number of aromatic amines is 1. The number of carbonyl (C=O) groups is 1. The molecular weight excluding hydrogens is 465 g/mol. The van der Waals surface area contributed by atoms with Crippen molar-refractivity contribution in [3.63, 3.8) is 0 Å². The summed E-state index contributed by atoms with van der Waals surface area (Å²) in [5, 5.41) is 5.20. The van der Waals surface area contributed by atoms with E-state index in [1.165, 1.54) is 0 Å². The zero-order valence-electron chi connectivity index (χ0n) is 23.8. The molecule has 0 bridgehead atoms. The number of benzene rings is 2. The highest BCUT2D eigenvalue weighted by molar-refractivity contribution is 6.62. The van der Waals surface area contributed by atoms with Crippen LogP contribution in [0.5, 0.6) is 0 Å². The highest BCUT2D eigenvalue weighted by Gasteiger charge is 2.51. The molecular formula is C29H40BN3O4. The summed E-state index contributed by atoms with van der Waals surface area (Å²) >= 11 is 0. The molecule has 2 heterocycles. The molecule has 37 heavy (non-hydrogen) atoms. The van der Waals surface area contributed by atoms with Crippen molar-refractivity contribution in [3.05, 3.63) is 48.4 Å². The summed E-state index contributed by atoms with van der Waals surface area (Å²) in [6.07, 6.45) is 1.35. The van der Waals surface area contributed by atoms with Crippen LogP contribution >= 0.6 is 0 Å². The number of imidazole rings is 1. The van der Waals surface area contributed by atoms with Gasteiger partial charge < -0.3 is 24.3 Å². The number of fused-ring (bicyclic) bond motifs is 1. The second kappa shape index (κ2) is 9.17. The molecule has 7 nitrogen and oxygen atoms in total. The zero-order chi connectivity index (χ0) is 27.4. The van der Waals surface area contributed by atoms with Crippen LogP contribution in [0.4, 0.5) is 4.79 Å². The Morgan fingerprint density at radius 2 is 1.57 bits per heavy atom. The van der Waals surface area contributed by atoms with Gasteiger partial charge in [-0.1, -0.05) is 51.1 Å². The highest BCUT2D eigenvalue weighted by atomic mass is 16.7. The molecule has 4 rings (SSSR count). The first-order valence-corrected chi connectivity index (χ1v) is 12.9. The van der Waals surface area contributed by atoms with Crippen LogP contribution in [0.1, 0.15) is 81.1 Å². The van der Waals surface area contributed by atoms with Crippen molar-refractivity contribution in [3.8, 4) is 11.3 Å². The van der Waals surface area contributed by atoms with E-state index in [2.05, 4.69) is 100 Å². The number of H-pyrrole nitrogens is 1. The summed E-state index contributed by atoms with van der Waals surface area (Å²) in [5.41, 5.74) is 1.29. The van der Waals surface area contributed by atoms with E-state index in [4.69, 9.17) is 14.0 Å². The Bertz CT molecular complexity index is 1280. The zero-order valence-corrected chi connectivity index (χ0v) is 23.8. The van der Waals surface area contributed by atoms with Gasteiger partial charge in [0.1, 0.15) is 11.4 Å². The van der Waals surface area contributed by atoms with E-state index in [0.29, 0.717) is 5.82 Å². The smallest absolute Gasteiger partial charge is 0.444 e. The molecule has 1 aliphatic rings. The molecule has 1 atom stereocenters. The molecule has 0 unspecified atom stereocenters. The molecule has 1 saturated heterocycles. The maximum atomic E-state index is 12.5. The number of nitrogens with zero attached hydrogens (tertiary/aromatic N) is 1. The Labute approximate surface area is 220 Å². The van der Waals surface area contributed by atoms with Gasteiger partial charge in [0.2, 0.25) is 0 Å². The third-order valence-electron chi connectivity index (χ3n) is 7.10. The lowest BCUT2D eigenvalue weighted by Gasteiger charge is -2.32. The Kier molecular flexibility index (Phi) is 6.74. The molecule has 0 spiro atoms. The predicted octanol–water partition coefficient (Wildman–Crippen LogP) is 6.14. The predicted molar refractivity (Wildman–Crippen MR) is 149 cm³/mol. The second-order valence-corrected chi connectivity index (χ2v) is 13.0. The number of hydrogen-bond donors (Lipinski definition) is 2. The number of carbonyl (C=O) groups excluding carboxylic acids is 1. The van der Waals surface area contributed by atoms with Gasteiger partial charge >= 0.3 is 13.2 Å². The maximum absolute atomic E-state index is 12.5. The summed E-state index contributed by atoms with van der Waals surface area (Å²) in [6.45, 7) is 20.0. The number of nitrogens with one attached hydrogen (secondary N) is 2. The fourth-order valence-corrected chi connectivity index (χ4v) is 4.31. The first-order chi connectivity index (χ1) is 17.0. The Balaban J connectivity index is 1.57. The van der Waals surface area contributed by atoms with Gasteiger partial charge in [0.25, 0.3) is 0 Å². The normalized spacial score (nSPS) is 18.2. The van der Waals surface area contributed by atoms with Crippen molar-refractivity contribution >= 4 is 29.4 Å². The molecule has 0 saturated carbocycles. The summed E-state index contributed by atoms with van der Waals surface area (Å²) in [4.78, 5) is 20.6. The number of hydrogen-bond acceptors (Lipinski definition) is 5. The highest BCUT2D eigenvalue weighted by Crippen LogP contribution is 2.37. The minimum absolute atomic E-state index is 0.278. The van der Waals surface area contributed by atoms with Crippen LogP contribution in [0, 0.1) is 5.41 Å². The van der Waals surface area contributed by atoms with Gasteiger partial charge in [0, 0.05) is 5.56 Å². The molecule has 0 radical (unpaired) electrons. The van der Waals surface area contributed by atoms with E-state index in [1.807, 2.05) is 27.0 Å². The second-order valence-electron chi connectivity index (χ2n) is 13.0. The van der Waals surface area contributed by atoms with Crippen molar-refractivity contribution < 1.29 is 18.8 Å². The fraction of sp³-hybridized carbons (Fsp3) is 0.517. The van der Waals surface area contributed by atoms with E-state index in [0.717, 1.165) is 27.5 Å². The molecule has 2 N–H and O–H groups in total.